The van der Waals surface area contributed by atoms with Gasteiger partial charge in [-0.2, -0.15) is 4.98 Å². The molecule has 4 N–H and O–H groups in total. The topological polar surface area (TPSA) is 126 Å². The van der Waals surface area contributed by atoms with Gasteiger partial charge in [-0.05, 0) is 48.4 Å². The fourth-order valence-electron chi connectivity index (χ4n) is 5.18. The van der Waals surface area contributed by atoms with Gasteiger partial charge in [0.2, 0.25) is 5.95 Å². The smallest absolute Gasteiger partial charge is 0.261 e. The van der Waals surface area contributed by atoms with Crippen LogP contribution < -0.4 is 15.8 Å². The van der Waals surface area contributed by atoms with Gasteiger partial charge in [-0.15, -0.1) is 0 Å². The molecule has 10 nitrogen and oxygen atoms in total. The van der Waals surface area contributed by atoms with Gasteiger partial charge in [0.05, 0.1) is 17.5 Å². The van der Waals surface area contributed by atoms with E-state index in [-0.39, 0.29) is 17.9 Å². The van der Waals surface area contributed by atoms with Gasteiger partial charge >= 0.3 is 0 Å². The molecule has 1 atom stereocenters. The highest BCUT2D eigenvalue weighted by Crippen LogP contribution is 2.27. The van der Waals surface area contributed by atoms with E-state index in [1.165, 1.54) is 6.07 Å². The van der Waals surface area contributed by atoms with Crippen LogP contribution in [0.2, 0.25) is 5.02 Å². The number of benzene rings is 2. The molecule has 5 aromatic rings. The molecule has 2 aromatic carbocycles. The molecule has 0 amide bonds. The summed E-state index contributed by atoms with van der Waals surface area (Å²) in [6.45, 7) is 5.75. The third kappa shape index (κ3) is 5.98. The molecule has 3 aromatic heterocycles. The van der Waals surface area contributed by atoms with Gasteiger partial charge in [-0.1, -0.05) is 35.9 Å². The summed E-state index contributed by atoms with van der Waals surface area (Å²) in [5.41, 5.74) is 3.90. The summed E-state index contributed by atoms with van der Waals surface area (Å²) in [4.78, 5) is 37.4. The van der Waals surface area contributed by atoms with E-state index in [4.69, 9.17) is 21.6 Å². The quantitative estimate of drug-likeness (QED) is 0.212. The van der Waals surface area contributed by atoms with Crippen LogP contribution in [0.15, 0.2) is 65.6 Å². The number of hydrogen-bond acceptors (Lipinski definition) is 8. The third-order valence-electron chi connectivity index (χ3n) is 7.37. The first-order valence-electron chi connectivity index (χ1n) is 13.7. The number of piperazine rings is 1. The summed E-state index contributed by atoms with van der Waals surface area (Å²) >= 11 is 6.07. The number of hydrogen-bond donors (Lipinski definition) is 4. The number of imidazole rings is 1. The zero-order valence-electron chi connectivity index (χ0n) is 22.9. The molecule has 0 spiro atoms. The van der Waals surface area contributed by atoms with Gasteiger partial charge < -0.3 is 25.3 Å². The normalized spacial score (nSPS) is 14.8. The second kappa shape index (κ2) is 11.9. The number of aliphatic hydroxyl groups excluding tert-OH is 1. The molecule has 6 rings (SSSR count). The highest BCUT2D eigenvalue weighted by molar-refractivity contribution is 6.30. The van der Waals surface area contributed by atoms with Crippen molar-refractivity contribution in [3.63, 3.8) is 0 Å². The number of rotatable bonds is 8. The molecule has 216 valence electrons. The Balaban J connectivity index is 1.20. The van der Waals surface area contributed by atoms with Crippen molar-refractivity contribution in [1.29, 1.82) is 0 Å². The van der Waals surface area contributed by atoms with Crippen molar-refractivity contribution in [2.75, 3.05) is 42.9 Å². The second-order valence-corrected chi connectivity index (χ2v) is 10.8. The molecule has 0 saturated carbocycles. The van der Waals surface area contributed by atoms with Crippen LogP contribution in [0.3, 0.4) is 0 Å². The highest BCUT2D eigenvalue weighted by atomic mass is 35.5. The Labute approximate surface area is 246 Å². The number of nitrogens with one attached hydrogen (secondary N) is 3. The molecule has 0 aliphatic carbocycles. The van der Waals surface area contributed by atoms with Gasteiger partial charge in [-0.25, -0.2) is 14.4 Å². The van der Waals surface area contributed by atoms with Crippen molar-refractivity contribution in [1.82, 2.24) is 29.8 Å². The molecule has 1 unspecified atom stereocenters. The number of aryl methyl sites for hydroxylation is 1. The van der Waals surface area contributed by atoms with Gasteiger partial charge in [-0.3, -0.25) is 9.69 Å². The summed E-state index contributed by atoms with van der Waals surface area (Å²) < 4.78 is 13.6. The Bertz CT molecular complexity index is 1780. The first-order chi connectivity index (χ1) is 20.3. The molecule has 1 saturated heterocycles. The molecule has 1 aliphatic rings. The van der Waals surface area contributed by atoms with Crippen LogP contribution in [0.1, 0.15) is 22.9 Å². The molecular weight excluding hydrogens is 559 g/mol. The number of nitrogens with zero attached hydrogens (tertiary/aromatic N) is 5. The zero-order chi connectivity index (χ0) is 29.2. The average Bonchev–Trinajstić information content (AvgIpc) is 3.41. The van der Waals surface area contributed by atoms with Crippen LogP contribution in [-0.2, 0) is 6.54 Å². The minimum Gasteiger partial charge on any atom is -0.387 e. The molecular formula is C30H30ClFN8O2. The molecule has 1 fully saturated rings. The van der Waals surface area contributed by atoms with E-state index >= 15 is 0 Å². The molecule has 12 heteroatoms. The van der Waals surface area contributed by atoms with E-state index in [1.807, 2.05) is 13.0 Å². The number of halogens is 2. The zero-order valence-corrected chi connectivity index (χ0v) is 23.7. The largest absolute Gasteiger partial charge is 0.387 e. The van der Waals surface area contributed by atoms with Crippen LogP contribution in [0.25, 0.3) is 22.6 Å². The Kier molecular flexibility index (Phi) is 7.88. The van der Waals surface area contributed by atoms with Crippen molar-refractivity contribution in [3.8, 4) is 11.4 Å². The lowest BCUT2D eigenvalue weighted by Gasteiger charge is -2.34. The first kappa shape index (κ1) is 27.8. The van der Waals surface area contributed by atoms with Gasteiger partial charge in [0.25, 0.3) is 5.56 Å². The number of fused-ring (bicyclic) bond motifs is 1. The standard InChI is InChI=1S/C30H30ClFN8O2/c1-18-26-28(38-30(35-18)40-12-10-39(11-13-40)17-19-4-2-7-22(32)14-19)37-27(36-26)25-23(8-9-33-29(25)42)34-16-24(41)20-5-3-6-21(31)15-20/h2-9,14-15,24,41H,10-13,16-17H2,1H3,(H2,33,34,42)(H,35,36,37,38). The predicted octanol–water partition coefficient (Wildman–Crippen LogP) is 4.28. The lowest BCUT2D eigenvalue weighted by atomic mass is 10.1. The maximum Gasteiger partial charge on any atom is 0.261 e. The van der Waals surface area contributed by atoms with Crippen LogP contribution in [0, 0.1) is 12.7 Å². The van der Waals surface area contributed by atoms with E-state index in [0.29, 0.717) is 57.0 Å². The van der Waals surface area contributed by atoms with Gasteiger partial charge in [0.1, 0.15) is 22.7 Å². The second-order valence-electron chi connectivity index (χ2n) is 10.3. The maximum atomic E-state index is 13.6. The summed E-state index contributed by atoms with van der Waals surface area (Å²) in [7, 11) is 0. The van der Waals surface area contributed by atoms with Crippen molar-refractivity contribution in [2.24, 2.45) is 0 Å². The summed E-state index contributed by atoms with van der Waals surface area (Å²) in [5, 5.41) is 14.4. The average molecular weight is 589 g/mol. The Hall–Kier alpha value is -4.32. The number of aromatic nitrogens is 5. The minimum absolute atomic E-state index is 0.158. The fourth-order valence-corrected chi connectivity index (χ4v) is 5.38. The van der Waals surface area contributed by atoms with Crippen molar-refractivity contribution in [3.05, 3.63) is 98.8 Å². The predicted molar refractivity (Wildman–Crippen MR) is 161 cm³/mol. The van der Waals surface area contributed by atoms with Crippen molar-refractivity contribution >= 4 is 34.4 Å². The molecule has 0 bridgehead atoms. The van der Waals surface area contributed by atoms with E-state index in [9.17, 15) is 14.3 Å². The van der Waals surface area contributed by atoms with Gasteiger partial charge in [0.15, 0.2) is 5.65 Å². The molecule has 0 radical (unpaired) electrons. The lowest BCUT2D eigenvalue weighted by Crippen LogP contribution is -2.46. The summed E-state index contributed by atoms with van der Waals surface area (Å²) in [6.07, 6.45) is 0.705. The summed E-state index contributed by atoms with van der Waals surface area (Å²) in [5.74, 6) is 0.712. The number of H-pyrrole nitrogens is 2. The Morgan fingerprint density at radius 2 is 1.88 bits per heavy atom. The van der Waals surface area contributed by atoms with E-state index in [2.05, 4.69) is 30.1 Å². The van der Waals surface area contributed by atoms with Gasteiger partial charge in [0, 0.05) is 50.5 Å². The van der Waals surface area contributed by atoms with E-state index in [1.54, 1.807) is 48.7 Å². The summed E-state index contributed by atoms with van der Waals surface area (Å²) in [6, 6.07) is 15.4. The maximum absolute atomic E-state index is 13.6. The third-order valence-corrected chi connectivity index (χ3v) is 7.61. The molecule has 4 heterocycles. The molecule has 1 aliphatic heterocycles. The van der Waals surface area contributed by atoms with E-state index in [0.717, 1.165) is 31.7 Å². The van der Waals surface area contributed by atoms with Crippen LogP contribution in [0.5, 0.6) is 0 Å². The minimum atomic E-state index is -0.837. The Morgan fingerprint density at radius 1 is 1.07 bits per heavy atom. The van der Waals surface area contributed by atoms with Crippen LogP contribution in [0.4, 0.5) is 16.0 Å². The molecule has 42 heavy (non-hydrogen) atoms. The van der Waals surface area contributed by atoms with Crippen molar-refractivity contribution < 1.29 is 9.50 Å². The fraction of sp³-hybridized carbons (Fsp3) is 0.267. The number of aromatic amines is 2. The number of aliphatic hydroxyl groups is 1. The van der Waals surface area contributed by atoms with Crippen molar-refractivity contribution in [2.45, 2.75) is 19.6 Å². The van der Waals surface area contributed by atoms with E-state index < -0.39 is 6.10 Å². The lowest BCUT2D eigenvalue weighted by molar-refractivity contribution is 0.191. The first-order valence-corrected chi connectivity index (χ1v) is 14.1. The van der Waals surface area contributed by atoms with Crippen LogP contribution in [-0.4, -0.2) is 67.7 Å². The SMILES string of the molecule is Cc1nc(N2CCN(Cc3cccc(F)c3)CC2)nc2[nH]c(-c3c(NCC(O)c4cccc(Cl)c4)cc[nH]c3=O)nc12. The number of anilines is 2. The monoisotopic (exact) mass is 588 g/mol. The highest BCUT2D eigenvalue weighted by Gasteiger charge is 2.22. The number of pyridine rings is 1. The van der Waals surface area contributed by atoms with Crippen LogP contribution >= 0.6 is 11.6 Å². The Morgan fingerprint density at radius 3 is 2.67 bits per heavy atom.